The summed E-state index contributed by atoms with van der Waals surface area (Å²) in [5.74, 6) is 1.59. The molecular weight excluding hydrogens is 248 g/mol. The minimum atomic E-state index is 0.387. The number of hydrogen-bond acceptors (Lipinski definition) is 3. The highest BCUT2D eigenvalue weighted by atomic mass is 35.5. The normalized spacial score (nSPS) is 27.9. The number of rotatable bonds is 2. The van der Waals surface area contributed by atoms with Gasteiger partial charge in [-0.25, -0.2) is 4.98 Å². The molecule has 1 saturated carbocycles. The van der Waals surface area contributed by atoms with Gasteiger partial charge in [0.15, 0.2) is 0 Å². The van der Waals surface area contributed by atoms with Crippen LogP contribution in [0.5, 0.6) is 0 Å². The smallest absolute Gasteiger partial charge is 0.133 e. The Morgan fingerprint density at radius 2 is 2.28 bits per heavy atom. The zero-order valence-electron chi connectivity index (χ0n) is 10.5. The molecule has 18 heavy (non-hydrogen) atoms. The van der Waals surface area contributed by atoms with E-state index in [1.54, 1.807) is 0 Å². The molecule has 1 aliphatic heterocycles. The van der Waals surface area contributed by atoms with Crippen LogP contribution in [0.1, 0.15) is 31.2 Å². The quantitative estimate of drug-likeness (QED) is 0.770. The highest BCUT2D eigenvalue weighted by molar-refractivity contribution is 6.17. The van der Waals surface area contributed by atoms with Gasteiger partial charge in [-0.1, -0.05) is 18.9 Å². The summed E-state index contributed by atoms with van der Waals surface area (Å²) in [5.41, 5.74) is 1.13. The molecule has 4 heteroatoms. The Balaban J connectivity index is 1.89. The second-order valence-corrected chi connectivity index (χ2v) is 5.34. The summed E-state index contributed by atoms with van der Waals surface area (Å²) in [4.78, 5) is 6.97. The van der Waals surface area contributed by atoms with E-state index in [1.165, 1.54) is 25.7 Å². The van der Waals surface area contributed by atoms with E-state index in [0.29, 0.717) is 18.0 Å². The van der Waals surface area contributed by atoms with Crippen molar-refractivity contribution in [2.75, 3.05) is 18.1 Å². The number of hydrogen-bond donors (Lipinski definition) is 0. The number of anilines is 1. The fraction of sp³-hybridized carbons (Fsp3) is 0.643. The van der Waals surface area contributed by atoms with Gasteiger partial charge in [0.05, 0.1) is 24.6 Å². The van der Waals surface area contributed by atoms with Crippen LogP contribution in [-0.2, 0) is 10.6 Å². The van der Waals surface area contributed by atoms with Gasteiger partial charge in [-0.2, -0.15) is 0 Å². The number of fused-ring (bicyclic) bond motifs is 1. The third-order valence-corrected chi connectivity index (χ3v) is 4.30. The maximum atomic E-state index is 6.03. The van der Waals surface area contributed by atoms with Gasteiger partial charge in [-0.05, 0) is 18.9 Å². The van der Waals surface area contributed by atoms with Gasteiger partial charge in [-0.3, -0.25) is 0 Å². The van der Waals surface area contributed by atoms with Crippen molar-refractivity contribution in [1.82, 2.24) is 4.98 Å². The molecule has 2 aliphatic rings. The Bertz CT molecular complexity index is 411. The number of morpholine rings is 1. The highest BCUT2D eigenvalue weighted by Crippen LogP contribution is 2.32. The lowest BCUT2D eigenvalue weighted by Crippen LogP contribution is -2.53. The molecule has 2 fully saturated rings. The lowest BCUT2D eigenvalue weighted by atomic mass is 9.90. The molecule has 0 aromatic carbocycles. The van der Waals surface area contributed by atoms with E-state index in [2.05, 4.69) is 16.0 Å². The summed E-state index contributed by atoms with van der Waals surface area (Å²) in [7, 11) is 0. The molecule has 3 nitrogen and oxygen atoms in total. The molecule has 0 bridgehead atoms. The molecule has 98 valence electrons. The first kappa shape index (κ1) is 12.2. The van der Waals surface area contributed by atoms with Gasteiger partial charge < -0.3 is 9.64 Å². The second-order valence-electron chi connectivity index (χ2n) is 5.07. The zero-order valence-corrected chi connectivity index (χ0v) is 11.3. The third kappa shape index (κ3) is 2.21. The number of alkyl halides is 1. The zero-order chi connectivity index (χ0) is 12.4. The molecule has 0 spiro atoms. The van der Waals surface area contributed by atoms with Crippen LogP contribution in [0, 0.1) is 0 Å². The monoisotopic (exact) mass is 266 g/mol. The van der Waals surface area contributed by atoms with Crippen LogP contribution in [0.4, 0.5) is 5.82 Å². The summed E-state index contributed by atoms with van der Waals surface area (Å²) < 4.78 is 5.90. The van der Waals surface area contributed by atoms with Crippen LogP contribution in [0.3, 0.4) is 0 Å². The van der Waals surface area contributed by atoms with Crippen LogP contribution < -0.4 is 4.90 Å². The fourth-order valence-electron chi connectivity index (χ4n) is 3.15. The van der Waals surface area contributed by atoms with Gasteiger partial charge in [0.25, 0.3) is 0 Å². The van der Waals surface area contributed by atoms with Crippen LogP contribution >= 0.6 is 11.6 Å². The predicted molar refractivity (Wildman–Crippen MR) is 73.1 cm³/mol. The van der Waals surface area contributed by atoms with E-state index in [9.17, 15) is 0 Å². The molecule has 1 saturated heterocycles. The summed E-state index contributed by atoms with van der Waals surface area (Å²) in [6, 6.07) is 4.52. The van der Waals surface area contributed by atoms with Gasteiger partial charge in [-0.15, -0.1) is 11.6 Å². The first-order valence-corrected chi connectivity index (χ1v) is 7.31. The van der Waals surface area contributed by atoms with E-state index in [-0.39, 0.29) is 0 Å². The molecule has 3 rings (SSSR count). The van der Waals surface area contributed by atoms with E-state index < -0.39 is 0 Å². The van der Waals surface area contributed by atoms with Crippen molar-refractivity contribution >= 4 is 17.4 Å². The van der Waals surface area contributed by atoms with Crippen molar-refractivity contribution in [2.24, 2.45) is 0 Å². The van der Waals surface area contributed by atoms with Gasteiger partial charge >= 0.3 is 0 Å². The SMILES string of the molecule is ClCc1cccnc1N1CCOC2CCCCC21. The van der Waals surface area contributed by atoms with Gasteiger partial charge in [0.1, 0.15) is 5.82 Å². The third-order valence-electron chi connectivity index (χ3n) is 4.02. The summed E-state index contributed by atoms with van der Waals surface area (Å²) in [6.45, 7) is 1.74. The first-order valence-electron chi connectivity index (χ1n) is 6.78. The molecule has 0 amide bonds. The summed E-state index contributed by atoms with van der Waals surface area (Å²) in [5, 5.41) is 0. The van der Waals surface area contributed by atoms with Crippen molar-refractivity contribution in [3.05, 3.63) is 23.9 Å². The standard InChI is InChI=1S/C14H19ClN2O/c15-10-11-4-3-7-16-14(11)17-8-9-18-13-6-2-1-5-12(13)17/h3-4,7,12-13H,1-2,5-6,8-10H2. The molecular formula is C14H19ClN2O. The van der Waals surface area contributed by atoms with Crippen LogP contribution in [-0.4, -0.2) is 30.3 Å². The topological polar surface area (TPSA) is 25.4 Å². The Morgan fingerprint density at radius 1 is 1.39 bits per heavy atom. The van der Waals surface area contributed by atoms with Crippen LogP contribution in [0.15, 0.2) is 18.3 Å². The van der Waals surface area contributed by atoms with E-state index >= 15 is 0 Å². The maximum Gasteiger partial charge on any atom is 0.133 e. The van der Waals surface area contributed by atoms with Crippen LogP contribution in [0.25, 0.3) is 0 Å². The molecule has 1 aromatic rings. The Hall–Kier alpha value is -0.800. The van der Waals surface area contributed by atoms with Crippen molar-refractivity contribution in [1.29, 1.82) is 0 Å². The fourth-order valence-corrected chi connectivity index (χ4v) is 3.36. The molecule has 2 unspecified atom stereocenters. The van der Waals surface area contributed by atoms with E-state index in [1.807, 2.05) is 12.3 Å². The molecule has 1 aliphatic carbocycles. The van der Waals surface area contributed by atoms with Crippen molar-refractivity contribution in [3.63, 3.8) is 0 Å². The summed E-state index contributed by atoms with van der Waals surface area (Å²) >= 11 is 6.03. The number of halogens is 1. The number of pyridine rings is 1. The molecule has 1 aromatic heterocycles. The van der Waals surface area contributed by atoms with Gasteiger partial charge in [0, 0.05) is 18.3 Å². The van der Waals surface area contributed by atoms with Gasteiger partial charge in [0.2, 0.25) is 0 Å². The van der Waals surface area contributed by atoms with Crippen molar-refractivity contribution in [3.8, 4) is 0 Å². The second kappa shape index (κ2) is 5.45. The molecule has 0 radical (unpaired) electrons. The highest BCUT2D eigenvalue weighted by Gasteiger charge is 2.35. The average molecular weight is 267 g/mol. The Morgan fingerprint density at radius 3 is 3.17 bits per heavy atom. The Labute approximate surface area is 113 Å². The number of aromatic nitrogens is 1. The number of ether oxygens (including phenoxy) is 1. The van der Waals surface area contributed by atoms with Crippen molar-refractivity contribution < 1.29 is 4.74 Å². The lowest BCUT2D eigenvalue weighted by Gasteiger charge is -2.44. The average Bonchev–Trinajstić information content (AvgIpc) is 2.46. The molecule has 2 atom stereocenters. The first-order chi connectivity index (χ1) is 8.90. The summed E-state index contributed by atoms with van der Waals surface area (Å²) in [6.07, 6.45) is 7.23. The minimum Gasteiger partial charge on any atom is -0.374 e. The van der Waals surface area contributed by atoms with E-state index in [4.69, 9.17) is 16.3 Å². The van der Waals surface area contributed by atoms with E-state index in [0.717, 1.165) is 24.5 Å². The van der Waals surface area contributed by atoms with Crippen LogP contribution in [0.2, 0.25) is 0 Å². The molecule has 0 N–H and O–H groups in total. The largest absolute Gasteiger partial charge is 0.374 e. The maximum absolute atomic E-state index is 6.03. The molecule has 2 heterocycles. The predicted octanol–water partition coefficient (Wildman–Crippen LogP) is 2.97. The number of nitrogens with zero attached hydrogens (tertiary/aromatic N) is 2. The minimum absolute atomic E-state index is 0.387. The Kier molecular flexibility index (Phi) is 3.71. The van der Waals surface area contributed by atoms with Crippen molar-refractivity contribution in [2.45, 2.75) is 43.7 Å². The lowest BCUT2D eigenvalue weighted by molar-refractivity contribution is -0.00903.